The second-order valence-electron chi connectivity index (χ2n) is 6.11. The van der Waals surface area contributed by atoms with Gasteiger partial charge in [0.05, 0.1) is 0 Å². The van der Waals surface area contributed by atoms with E-state index < -0.39 is 0 Å². The van der Waals surface area contributed by atoms with Crippen molar-refractivity contribution in [2.45, 2.75) is 71.3 Å². The highest BCUT2D eigenvalue weighted by Gasteiger charge is 2.42. The summed E-state index contributed by atoms with van der Waals surface area (Å²) in [5, 5.41) is 3.86. The predicted molar refractivity (Wildman–Crippen MR) is 70.5 cm³/mol. The Labute approximate surface area is 101 Å². The summed E-state index contributed by atoms with van der Waals surface area (Å²) in [6.45, 7) is 5.94. The Morgan fingerprint density at radius 3 is 2.25 bits per heavy atom. The van der Waals surface area contributed by atoms with E-state index in [1.54, 1.807) is 0 Å². The monoisotopic (exact) mass is 223 g/mol. The summed E-state index contributed by atoms with van der Waals surface area (Å²) in [7, 11) is 0. The zero-order valence-corrected chi connectivity index (χ0v) is 11.2. The fourth-order valence-corrected chi connectivity index (χ4v) is 3.50. The van der Waals surface area contributed by atoms with Crippen LogP contribution < -0.4 is 5.32 Å². The summed E-state index contributed by atoms with van der Waals surface area (Å²) in [6, 6.07) is 0.855. The van der Waals surface area contributed by atoms with Crippen LogP contribution in [0.2, 0.25) is 0 Å². The number of hydrogen-bond donors (Lipinski definition) is 1. The van der Waals surface area contributed by atoms with Crippen molar-refractivity contribution in [1.82, 2.24) is 5.32 Å². The summed E-state index contributed by atoms with van der Waals surface area (Å²) in [4.78, 5) is 0. The van der Waals surface area contributed by atoms with E-state index in [-0.39, 0.29) is 0 Å². The first kappa shape index (κ1) is 12.4. The van der Waals surface area contributed by atoms with E-state index in [1.165, 1.54) is 57.9 Å². The molecule has 0 saturated heterocycles. The zero-order chi connectivity index (χ0) is 11.4. The van der Waals surface area contributed by atoms with E-state index in [2.05, 4.69) is 19.2 Å². The van der Waals surface area contributed by atoms with Gasteiger partial charge >= 0.3 is 0 Å². The molecule has 2 aliphatic rings. The van der Waals surface area contributed by atoms with Gasteiger partial charge in [-0.3, -0.25) is 0 Å². The van der Waals surface area contributed by atoms with Gasteiger partial charge in [0.1, 0.15) is 0 Å². The standard InChI is InChI=1S/C15H29N/c1-3-10-16-15(14-11-12(14)2)13-8-6-4-5-7-9-13/h12-16H,3-11H2,1-2H3. The van der Waals surface area contributed by atoms with Gasteiger partial charge in [-0.2, -0.15) is 0 Å². The number of nitrogens with one attached hydrogen (secondary N) is 1. The van der Waals surface area contributed by atoms with Crippen molar-refractivity contribution < 1.29 is 0 Å². The SMILES string of the molecule is CCCNC(C1CCCCCC1)C1CC1C. The Balaban J connectivity index is 1.88. The average molecular weight is 223 g/mol. The Morgan fingerprint density at radius 1 is 1.12 bits per heavy atom. The number of rotatable bonds is 5. The van der Waals surface area contributed by atoms with Crippen molar-refractivity contribution in [3.8, 4) is 0 Å². The molecule has 3 unspecified atom stereocenters. The van der Waals surface area contributed by atoms with Gasteiger partial charge in [-0.05, 0) is 50.0 Å². The molecule has 0 aromatic carbocycles. The maximum absolute atomic E-state index is 3.86. The van der Waals surface area contributed by atoms with Gasteiger partial charge in [0, 0.05) is 6.04 Å². The lowest BCUT2D eigenvalue weighted by Crippen LogP contribution is -2.39. The first-order chi connectivity index (χ1) is 7.83. The van der Waals surface area contributed by atoms with Crippen LogP contribution in [0.4, 0.5) is 0 Å². The van der Waals surface area contributed by atoms with Crippen LogP contribution in [-0.4, -0.2) is 12.6 Å². The van der Waals surface area contributed by atoms with Gasteiger partial charge in [0.2, 0.25) is 0 Å². The third-order valence-electron chi connectivity index (χ3n) is 4.67. The molecule has 0 aliphatic heterocycles. The first-order valence-electron chi connectivity index (χ1n) is 7.56. The van der Waals surface area contributed by atoms with E-state index in [1.807, 2.05) is 0 Å². The average Bonchev–Trinajstić information content (AvgIpc) is 3.04. The molecule has 0 amide bonds. The summed E-state index contributed by atoms with van der Waals surface area (Å²) in [5.41, 5.74) is 0. The van der Waals surface area contributed by atoms with Crippen LogP contribution in [-0.2, 0) is 0 Å². The van der Waals surface area contributed by atoms with Crippen LogP contribution in [0.1, 0.15) is 65.2 Å². The van der Waals surface area contributed by atoms with Crippen molar-refractivity contribution in [2.75, 3.05) is 6.54 Å². The maximum atomic E-state index is 3.86. The second kappa shape index (κ2) is 6.05. The summed E-state index contributed by atoms with van der Waals surface area (Å²) >= 11 is 0. The Bertz CT molecular complexity index is 194. The molecular weight excluding hydrogens is 194 g/mol. The summed E-state index contributed by atoms with van der Waals surface area (Å²) in [5.74, 6) is 3.00. The van der Waals surface area contributed by atoms with Crippen LogP contribution in [0, 0.1) is 17.8 Å². The van der Waals surface area contributed by atoms with Crippen molar-refractivity contribution >= 4 is 0 Å². The van der Waals surface area contributed by atoms with Crippen LogP contribution in [0.25, 0.3) is 0 Å². The molecule has 94 valence electrons. The van der Waals surface area contributed by atoms with Gasteiger partial charge < -0.3 is 5.32 Å². The molecule has 0 radical (unpaired) electrons. The Hall–Kier alpha value is -0.0400. The number of hydrogen-bond acceptors (Lipinski definition) is 1. The minimum absolute atomic E-state index is 0.855. The lowest BCUT2D eigenvalue weighted by molar-refractivity contribution is 0.284. The molecule has 1 N–H and O–H groups in total. The van der Waals surface area contributed by atoms with Crippen LogP contribution in [0.5, 0.6) is 0 Å². The molecule has 16 heavy (non-hydrogen) atoms. The van der Waals surface area contributed by atoms with E-state index in [0.29, 0.717) is 0 Å². The minimum Gasteiger partial charge on any atom is -0.313 e. The van der Waals surface area contributed by atoms with E-state index in [9.17, 15) is 0 Å². The normalized spacial score (nSPS) is 33.4. The molecule has 0 heterocycles. The van der Waals surface area contributed by atoms with Crippen molar-refractivity contribution in [1.29, 1.82) is 0 Å². The van der Waals surface area contributed by atoms with Crippen molar-refractivity contribution in [3.63, 3.8) is 0 Å². The first-order valence-corrected chi connectivity index (χ1v) is 7.56. The zero-order valence-electron chi connectivity index (χ0n) is 11.2. The molecule has 2 saturated carbocycles. The highest BCUT2D eigenvalue weighted by Crippen LogP contribution is 2.45. The topological polar surface area (TPSA) is 12.0 Å². The van der Waals surface area contributed by atoms with Crippen LogP contribution >= 0.6 is 0 Å². The molecule has 0 bridgehead atoms. The van der Waals surface area contributed by atoms with Crippen molar-refractivity contribution in [3.05, 3.63) is 0 Å². The Kier molecular flexibility index (Phi) is 4.69. The molecular formula is C15H29N. The summed E-state index contributed by atoms with van der Waals surface area (Å²) in [6.07, 6.45) is 11.7. The maximum Gasteiger partial charge on any atom is 0.0126 e. The van der Waals surface area contributed by atoms with E-state index in [4.69, 9.17) is 0 Å². The molecule has 1 heteroatoms. The smallest absolute Gasteiger partial charge is 0.0126 e. The summed E-state index contributed by atoms with van der Waals surface area (Å²) < 4.78 is 0. The van der Waals surface area contributed by atoms with E-state index in [0.717, 1.165) is 23.8 Å². The minimum atomic E-state index is 0.855. The quantitative estimate of drug-likeness (QED) is 0.695. The van der Waals surface area contributed by atoms with Crippen molar-refractivity contribution in [2.24, 2.45) is 17.8 Å². The molecule has 3 atom stereocenters. The van der Waals surface area contributed by atoms with Gasteiger partial charge in [-0.25, -0.2) is 0 Å². The fraction of sp³-hybridized carbons (Fsp3) is 1.00. The third kappa shape index (κ3) is 3.23. The Morgan fingerprint density at radius 2 is 1.75 bits per heavy atom. The largest absolute Gasteiger partial charge is 0.313 e. The molecule has 1 nitrogen and oxygen atoms in total. The van der Waals surface area contributed by atoms with E-state index >= 15 is 0 Å². The molecule has 2 fully saturated rings. The lowest BCUT2D eigenvalue weighted by Gasteiger charge is -2.27. The second-order valence-corrected chi connectivity index (χ2v) is 6.11. The van der Waals surface area contributed by atoms with Crippen LogP contribution in [0.15, 0.2) is 0 Å². The van der Waals surface area contributed by atoms with Crippen LogP contribution in [0.3, 0.4) is 0 Å². The van der Waals surface area contributed by atoms with Gasteiger partial charge in [0.15, 0.2) is 0 Å². The lowest BCUT2D eigenvalue weighted by atomic mass is 9.88. The van der Waals surface area contributed by atoms with Gasteiger partial charge in [-0.1, -0.05) is 39.5 Å². The molecule has 0 spiro atoms. The molecule has 2 aliphatic carbocycles. The van der Waals surface area contributed by atoms with Gasteiger partial charge in [0.25, 0.3) is 0 Å². The highest BCUT2D eigenvalue weighted by atomic mass is 14.9. The fourth-order valence-electron chi connectivity index (χ4n) is 3.50. The van der Waals surface area contributed by atoms with Gasteiger partial charge in [-0.15, -0.1) is 0 Å². The molecule has 0 aromatic heterocycles. The molecule has 2 rings (SSSR count). The third-order valence-corrected chi connectivity index (χ3v) is 4.67. The highest BCUT2D eigenvalue weighted by molar-refractivity contribution is 4.95. The molecule has 0 aromatic rings. The predicted octanol–water partition coefficient (Wildman–Crippen LogP) is 3.98.